The molecule has 254 valence electrons. The number of carbonyl (C=O) groups is 2. The monoisotopic (exact) mass is 711 g/mol. The van der Waals surface area contributed by atoms with E-state index in [1.54, 1.807) is 48.5 Å². The van der Waals surface area contributed by atoms with E-state index < -0.39 is 40.0 Å². The molecule has 1 atom stereocenters. The summed E-state index contributed by atoms with van der Waals surface area (Å²) in [5.41, 5.74) is 1.07. The van der Waals surface area contributed by atoms with Crippen molar-refractivity contribution >= 4 is 50.7 Å². The molecule has 12 heteroatoms. The average molecular weight is 713 g/mol. The van der Waals surface area contributed by atoms with Gasteiger partial charge in [-0.1, -0.05) is 77.8 Å². The third-order valence-electron chi connectivity index (χ3n) is 7.37. The summed E-state index contributed by atoms with van der Waals surface area (Å²) >= 11 is 12.5. The molecular formula is C36H39Cl2N3O6S. The molecule has 4 aromatic rings. The number of nitrogens with zero attached hydrogens (tertiary/aromatic N) is 2. The highest BCUT2D eigenvalue weighted by Gasteiger charge is 2.36. The molecule has 0 bridgehead atoms. The lowest BCUT2D eigenvalue weighted by Gasteiger charge is -2.35. The van der Waals surface area contributed by atoms with Crippen molar-refractivity contribution in [3.05, 3.63) is 118 Å². The fourth-order valence-corrected chi connectivity index (χ4v) is 6.82. The molecule has 0 saturated carbocycles. The first kappa shape index (κ1) is 36.6. The lowest BCUT2D eigenvalue weighted by atomic mass is 10.0. The Balaban J connectivity index is 1.84. The second-order valence-corrected chi connectivity index (χ2v) is 14.8. The smallest absolute Gasteiger partial charge is 0.264 e. The maximum atomic E-state index is 14.6. The van der Waals surface area contributed by atoms with Crippen LogP contribution in [0.5, 0.6) is 11.5 Å². The number of para-hydroxylation sites is 1. The molecule has 0 spiro atoms. The lowest BCUT2D eigenvalue weighted by molar-refractivity contribution is -0.140. The molecule has 0 heterocycles. The number of ether oxygens (including phenoxy) is 2. The van der Waals surface area contributed by atoms with Gasteiger partial charge in [0.25, 0.3) is 10.0 Å². The summed E-state index contributed by atoms with van der Waals surface area (Å²) in [5, 5.41) is 3.62. The SMILES string of the molecule is COc1ccc(S(=O)(=O)N(CC(=O)N(Cc2ccc(Cl)c(Cl)c2)C(Cc2ccccc2)C(=O)NC(C)(C)C)c2ccccc2)cc1OC. The van der Waals surface area contributed by atoms with Crippen molar-refractivity contribution in [1.29, 1.82) is 0 Å². The highest BCUT2D eigenvalue weighted by molar-refractivity contribution is 7.92. The highest BCUT2D eigenvalue weighted by Crippen LogP contribution is 2.33. The van der Waals surface area contributed by atoms with E-state index in [9.17, 15) is 18.0 Å². The summed E-state index contributed by atoms with van der Waals surface area (Å²) in [7, 11) is -1.49. The van der Waals surface area contributed by atoms with Crippen molar-refractivity contribution in [1.82, 2.24) is 10.2 Å². The van der Waals surface area contributed by atoms with Crippen LogP contribution in [0.25, 0.3) is 0 Å². The molecular weight excluding hydrogens is 673 g/mol. The topological polar surface area (TPSA) is 105 Å². The van der Waals surface area contributed by atoms with E-state index in [1.165, 1.54) is 37.3 Å². The molecule has 0 aliphatic rings. The van der Waals surface area contributed by atoms with Crippen LogP contribution in [0.4, 0.5) is 5.69 Å². The van der Waals surface area contributed by atoms with Gasteiger partial charge in [0.2, 0.25) is 11.8 Å². The Labute approximate surface area is 292 Å². The van der Waals surface area contributed by atoms with Crippen LogP contribution in [0.15, 0.2) is 102 Å². The number of anilines is 1. The van der Waals surface area contributed by atoms with E-state index in [0.717, 1.165) is 9.87 Å². The van der Waals surface area contributed by atoms with Gasteiger partial charge in [-0.15, -0.1) is 0 Å². The second kappa shape index (κ2) is 15.8. The van der Waals surface area contributed by atoms with Crippen LogP contribution in [0.2, 0.25) is 10.0 Å². The van der Waals surface area contributed by atoms with Crippen molar-refractivity contribution in [3.8, 4) is 11.5 Å². The third-order valence-corrected chi connectivity index (χ3v) is 9.88. The molecule has 2 amide bonds. The van der Waals surface area contributed by atoms with Crippen LogP contribution < -0.4 is 19.1 Å². The molecule has 1 N–H and O–H groups in total. The summed E-state index contributed by atoms with van der Waals surface area (Å²) < 4.78 is 40.4. The Morgan fingerprint density at radius 1 is 0.792 bits per heavy atom. The van der Waals surface area contributed by atoms with Crippen LogP contribution >= 0.6 is 23.2 Å². The number of hydrogen-bond donors (Lipinski definition) is 1. The van der Waals surface area contributed by atoms with Crippen molar-refractivity contribution in [2.45, 2.75) is 50.2 Å². The molecule has 0 saturated heterocycles. The Hall–Kier alpha value is -4.25. The Morgan fingerprint density at radius 3 is 2.00 bits per heavy atom. The van der Waals surface area contributed by atoms with E-state index in [2.05, 4.69) is 5.32 Å². The molecule has 0 aromatic heterocycles. The molecule has 0 aliphatic heterocycles. The van der Waals surface area contributed by atoms with Crippen LogP contribution in [-0.2, 0) is 32.6 Å². The van der Waals surface area contributed by atoms with E-state index >= 15 is 0 Å². The van der Waals surface area contributed by atoms with E-state index in [4.69, 9.17) is 32.7 Å². The van der Waals surface area contributed by atoms with E-state index in [0.29, 0.717) is 16.3 Å². The number of hydrogen-bond acceptors (Lipinski definition) is 6. The van der Waals surface area contributed by atoms with Crippen LogP contribution in [0.3, 0.4) is 0 Å². The molecule has 0 radical (unpaired) electrons. The minimum atomic E-state index is -4.35. The molecule has 4 aromatic carbocycles. The largest absolute Gasteiger partial charge is 0.493 e. The number of carbonyl (C=O) groups excluding carboxylic acids is 2. The van der Waals surface area contributed by atoms with Crippen molar-refractivity contribution in [3.63, 3.8) is 0 Å². The van der Waals surface area contributed by atoms with Gasteiger partial charge in [-0.25, -0.2) is 8.42 Å². The van der Waals surface area contributed by atoms with Crippen LogP contribution in [-0.4, -0.2) is 57.5 Å². The first-order valence-corrected chi connectivity index (χ1v) is 17.3. The van der Waals surface area contributed by atoms with Crippen LogP contribution in [0, 0.1) is 0 Å². The quantitative estimate of drug-likeness (QED) is 0.164. The first-order valence-electron chi connectivity index (χ1n) is 15.1. The first-order chi connectivity index (χ1) is 22.7. The Morgan fingerprint density at radius 2 is 1.42 bits per heavy atom. The number of benzene rings is 4. The zero-order valence-corrected chi connectivity index (χ0v) is 29.8. The van der Waals surface area contributed by atoms with Gasteiger partial charge in [0, 0.05) is 24.6 Å². The standard InChI is InChI=1S/C36H39Cl2N3O6S/c1-36(2,3)39-35(43)31(21-25-12-8-6-9-13-25)40(23-26-16-18-29(37)30(38)20-26)34(42)24-41(27-14-10-7-11-15-27)48(44,45)28-17-19-32(46-4)33(22-28)47-5/h6-20,22,31H,21,23-24H2,1-5H3,(H,39,43). The Kier molecular flexibility index (Phi) is 12.0. The number of amides is 2. The van der Waals surface area contributed by atoms with Crippen molar-refractivity contribution in [2.24, 2.45) is 0 Å². The van der Waals surface area contributed by atoms with Gasteiger partial charge < -0.3 is 19.7 Å². The van der Waals surface area contributed by atoms with Gasteiger partial charge in [-0.3, -0.25) is 13.9 Å². The lowest BCUT2D eigenvalue weighted by Crippen LogP contribution is -2.56. The number of nitrogens with one attached hydrogen (secondary N) is 1. The average Bonchev–Trinajstić information content (AvgIpc) is 3.06. The van der Waals surface area contributed by atoms with Crippen molar-refractivity contribution < 1.29 is 27.5 Å². The summed E-state index contributed by atoms with van der Waals surface area (Å²) in [6.45, 7) is 4.88. The van der Waals surface area contributed by atoms with E-state index in [-0.39, 0.29) is 34.3 Å². The van der Waals surface area contributed by atoms with Gasteiger partial charge in [0.1, 0.15) is 12.6 Å². The minimum Gasteiger partial charge on any atom is -0.493 e. The molecule has 0 fully saturated rings. The highest BCUT2D eigenvalue weighted by atomic mass is 35.5. The normalized spacial score (nSPS) is 12.1. The van der Waals surface area contributed by atoms with Gasteiger partial charge in [-0.2, -0.15) is 0 Å². The fraction of sp³-hybridized carbons (Fsp3) is 0.278. The zero-order valence-electron chi connectivity index (χ0n) is 27.4. The van der Waals surface area contributed by atoms with Crippen molar-refractivity contribution in [2.75, 3.05) is 25.1 Å². The summed E-state index contributed by atoms with van der Waals surface area (Å²) in [4.78, 5) is 29.9. The maximum absolute atomic E-state index is 14.6. The summed E-state index contributed by atoms with van der Waals surface area (Å²) in [6, 6.07) is 25.8. The number of sulfonamides is 1. The number of methoxy groups -OCH3 is 2. The van der Waals surface area contributed by atoms with Gasteiger partial charge in [-0.05, 0) is 68.3 Å². The van der Waals surface area contributed by atoms with Gasteiger partial charge >= 0.3 is 0 Å². The minimum absolute atomic E-state index is 0.0518. The molecule has 1 unspecified atom stereocenters. The summed E-state index contributed by atoms with van der Waals surface area (Å²) in [5.74, 6) is -0.450. The van der Waals surface area contributed by atoms with E-state index in [1.807, 2.05) is 51.1 Å². The predicted octanol–water partition coefficient (Wildman–Crippen LogP) is 6.76. The van der Waals surface area contributed by atoms with Crippen LogP contribution in [0.1, 0.15) is 31.9 Å². The fourth-order valence-electron chi connectivity index (χ4n) is 5.07. The number of rotatable bonds is 13. The second-order valence-electron chi connectivity index (χ2n) is 12.1. The molecule has 4 rings (SSSR count). The van der Waals surface area contributed by atoms with Gasteiger partial charge in [0.15, 0.2) is 11.5 Å². The molecule has 9 nitrogen and oxygen atoms in total. The maximum Gasteiger partial charge on any atom is 0.264 e. The number of halogens is 2. The third kappa shape index (κ3) is 9.21. The molecule has 0 aliphatic carbocycles. The Bertz CT molecular complexity index is 1830. The summed E-state index contributed by atoms with van der Waals surface area (Å²) in [6.07, 6.45) is 0.170. The predicted molar refractivity (Wildman–Crippen MR) is 189 cm³/mol. The molecule has 48 heavy (non-hydrogen) atoms. The zero-order chi connectivity index (χ0) is 35.1. The van der Waals surface area contributed by atoms with Gasteiger partial charge in [0.05, 0.1) is 34.8 Å².